The molecule has 2 amide bonds. The molecule has 136 valence electrons. The largest absolute Gasteiger partial charge is 0.322 e. The van der Waals surface area contributed by atoms with Crippen LogP contribution in [0, 0.1) is 0 Å². The van der Waals surface area contributed by atoms with Gasteiger partial charge in [0.05, 0.1) is 15.6 Å². The Bertz CT molecular complexity index is 1020. The molecule has 0 saturated heterocycles. The SMILES string of the molecule is O=C(Nc1ccc2c(c1)CCC2)c1ccc(Cl)c(NC(=O)c2cccs2)c1. The van der Waals surface area contributed by atoms with E-state index < -0.39 is 0 Å². The molecule has 4 rings (SSSR count). The molecule has 0 fully saturated rings. The summed E-state index contributed by atoms with van der Waals surface area (Å²) in [7, 11) is 0. The van der Waals surface area contributed by atoms with Gasteiger partial charge in [0.15, 0.2) is 0 Å². The number of carbonyl (C=O) groups is 2. The van der Waals surface area contributed by atoms with Crippen molar-refractivity contribution in [3.8, 4) is 0 Å². The fourth-order valence-electron chi connectivity index (χ4n) is 3.21. The quantitative estimate of drug-likeness (QED) is 0.620. The minimum atomic E-state index is -0.247. The fourth-order valence-corrected chi connectivity index (χ4v) is 3.99. The lowest BCUT2D eigenvalue weighted by Gasteiger charge is -2.10. The molecule has 0 radical (unpaired) electrons. The molecule has 27 heavy (non-hydrogen) atoms. The van der Waals surface area contributed by atoms with Crippen molar-refractivity contribution in [1.82, 2.24) is 0 Å². The van der Waals surface area contributed by atoms with E-state index in [-0.39, 0.29) is 11.8 Å². The predicted molar refractivity (Wildman–Crippen MR) is 110 cm³/mol. The van der Waals surface area contributed by atoms with Crippen molar-refractivity contribution < 1.29 is 9.59 Å². The Labute approximate surface area is 166 Å². The maximum absolute atomic E-state index is 12.6. The Balaban J connectivity index is 1.51. The molecule has 0 saturated carbocycles. The molecule has 0 atom stereocenters. The number of amides is 2. The summed E-state index contributed by atoms with van der Waals surface area (Å²) in [6, 6.07) is 14.4. The first kappa shape index (κ1) is 17.8. The molecule has 6 heteroatoms. The van der Waals surface area contributed by atoms with Crippen LogP contribution in [0.3, 0.4) is 0 Å². The average Bonchev–Trinajstić information content (AvgIpc) is 3.34. The van der Waals surface area contributed by atoms with Crippen LogP contribution < -0.4 is 10.6 Å². The second-order valence-electron chi connectivity index (χ2n) is 6.42. The third-order valence-corrected chi connectivity index (χ3v) is 5.78. The van der Waals surface area contributed by atoms with Gasteiger partial charge in [-0.05, 0) is 72.2 Å². The van der Waals surface area contributed by atoms with Gasteiger partial charge in [-0.3, -0.25) is 9.59 Å². The van der Waals surface area contributed by atoms with Crippen molar-refractivity contribution in [2.45, 2.75) is 19.3 Å². The Hall–Kier alpha value is -2.63. The lowest BCUT2D eigenvalue weighted by molar-refractivity contribution is 0.101. The minimum absolute atomic E-state index is 0.240. The van der Waals surface area contributed by atoms with E-state index in [1.807, 2.05) is 23.6 Å². The number of aryl methyl sites for hydroxylation is 2. The van der Waals surface area contributed by atoms with Gasteiger partial charge in [0.2, 0.25) is 0 Å². The van der Waals surface area contributed by atoms with E-state index in [4.69, 9.17) is 11.6 Å². The number of rotatable bonds is 4. The molecule has 2 N–H and O–H groups in total. The van der Waals surface area contributed by atoms with Crippen LogP contribution in [-0.4, -0.2) is 11.8 Å². The van der Waals surface area contributed by atoms with Crippen LogP contribution in [-0.2, 0) is 12.8 Å². The number of carbonyl (C=O) groups excluding carboxylic acids is 2. The Morgan fingerprint density at radius 3 is 2.59 bits per heavy atom. The second kappa shape index (κ2) is 7.55. The molecule has 0 aliphatic heterocycles. The molecular formula is C21H17ClN2O2S. The predicted octanol–water partition coefficient (Wildman–Crippen LogP) is 5.39. The lowest BCUT2D eigenvalue weighted by Crippen LogP contribution is -2.14. The smallest absolute Gasteiger partial charge is 0.265 e. The number of anilines is 2. The van der Waals surface area contributed by atoms with Crippen LogP contribution in [0.15, 0.2) is 53.9 Å². The number of hydrogen-bond donors (Lipinski definition) is 2. The summed E-state index contributed by atoms with van der Waals surface area (Å²) >= 11 is 7.53. The minimum Gasteiger partial charge on any atom is -0.322 e. The van der Waals surface area contributed by atoms with Gasteiger partial charge < -0.3 is 10.6 Å². The number of halogens is 1. The van der Waals surface area contributed by atoms with E-state index in [1.165, 1.54) is 22.5 Å². The van der Waals surface area contributed by atoms with Crippen LogP contribution in [0.2, 0.25) is 5.02 Å². The number of benzene rings is 2. The lowest BCUT2D eigenvalue weighted by atomic mass is 10.1. The maximum atomic E-state index is 12.6. The highest BCUT2D eigenvalue weighted by Crippen LogP contribution is 2.27. The number of nitrogens with one attached hydrogen (secondary N) is 2. The first-order valence-corrected chi connectivity index (χ1v) is 9.93. The van der Waals surface area contributed by atoms with Crippen molar-refractivity contribution >= 4 is 46.1 Å². The van der Waals surface area contributed by atoms with Gasteiger partial charge in [-0.1, -0.05) is 23.7 Å². The molecule has 1 aromatic heterocycles. The molecule has 0 spiro atoms. The van der Waals surface area contributed by atoms with E-state index >= 15 is 0 Å². The van der Waals surface area contributed by atoms with Gasteiger partial charge >= 0.3 is 0 Å². The highest BCUT2D eigenvalue weighted by atomic mass is 35.5. The van der Waals surface area contributed by atoms with Crippen LogP contribution in [0.4, 0.5) is 11.4 Å². The zero-order chi connectivity index (χ0) is 18.8. The van der Waals surface area contributed by atoms with Gasteiger partial charge in [-0.25, -0.2) is 0 Å². The molecule has 1 aliphatic carbocycles. The van der Waals surface area contributed by atoms with Gasteiger partial charge in [0.1, 0.15) is 0 Å². The molecule has 1 aliphatic rings. The first-order valence-electron chi connectivity index (χ1n) is 8.68. The second-order valence-corrected chi connectivity index (χ2v) is 7.77. The van der Waals surface area contributed by atoms with Crippen molar-refractivity contribution in [3.05, 3.63) is 80.5 Å². The number of fused-ring (bicyclic) bond motifs is 1. The van der Waals surface area contributed by atoms with Crippen molar-refractivity contribution in [2.75, 3.05) is 10.6 Å². The Morgan fingerprint density at radius 2 is 1.78 bits per heavy atom. The van der Waals surface area contributed by atoms with Gasteiger partial charge in [0.25, 0.3) is 11.8 Å². The van der Waals surface area contributed by atoms with Crippen molar-refractivity contribution in [1.29, 1.82) is 0 Å². The van der Waals surface area contributed by atoms with Crippen LogP contribution >= 0.6 is 22.9 Å². The molecular weight excluding hydrogens is 380 g/mol. The normalized spacial score (nSPS) is 12.5. The number of hydrogen-bond acceptors (Lipinski definition) is 3. The summed E-state index contributed by atoms with van der Waals surface area (Å²) in [5.41, 5.74) is 4.28. The molecule has 2 aromatic carbocycles. The summed E-state index contributed by atoms with van der Waals surface area (Å²) < 4.78 is 0. The summed E-state index contributed by atoms with van der Waals surface area (Å²) in [4.78, 5) is 25.5. The third kappa shape index (κ3) is 3.89. The van der Waals surface area contributed by atoms with Crippen molar-refractivity contribution in [2.24, 2.45) is 0 Å². The zero-order valence-electron chi connectivity index (χ0n) is 14.4. The molecule has 0 bridgehead atoms. The zero-order valence-corrected chi connectivity index (χ0v) is 16.0. The first-order chi connectivity index (χ1) is 13.1. The van der Waals surface area contributed by atoms with Crippen LogP contribution in [0.1, 0.15) is 37.6 Å². The molecule has 3 aromatic rings. The topological polar surface area (TPSA) is 58.2 Å². The summed E-state index contributed by atoms with van der Waals surface area (Å²) in [5.74, 6) is -0.487. The maximum Gasteiger partial charge on any atom is 0.265 e. The van der Waals surface area contributed by atoms with Crippen LogP contribution in [0.25, 0.3) is 0 Å². The van der Waals surface area contributed by atoms with E-state index in [1.54, 1.807) is 24.3 Å². The Kier molecular flexibility index (Phi) is 4.97. The highest BCUT2D eigenvalue weighted by molar-refractivity contribution is 7.12. The molecule has 0 unspecified atom stereocenters. The van der Waals surface area contributed by atoms with E-state index in [2.05, 4.69) is 16.7 Å². The standard InChI is InChI=1S/C21H17ClN2O2S/c22-17-9-7-15(12-18(17)24-21(26)19-5-2-10-27-19)20(25)23-16-8-6-13-3-1-4-14(13)11-16/h2,5-12H,1,3-4H2,(H,23,25)(H,24,26). The number of thiophene rings is 1. The highest BCUT2D eigenvalue weighted by Gasteiger charge is 2.15. The summed E-state index contributed by atoms with van der Waals surface area (Å²) in [6.07, 6.45) is 3.32. The Morgan fingerprint density at radius 1 is 0.926 bits per heavy atom. The van der Waals surface area contributed by atoms with E-state index in [0.717, 1.165) is 24.9 Å². The van der Waals surface area contributed by atoms with Gasteiger partial charge in [-0.15, -0.1) is 11.3 Å². The van der Waals surface area contributed by atoms with Gasteiger partial charge in [0, 0.05) is 11.3 Å². The van der Waals surface area contributed by atoms with Gasteiger partial charge in [-0.2, -0.15) is 0 Å². The summed E-state index contributed by atoms with van der Waals surface area (Å²) in [5, 5.41) is 7.90. The average molecular weight is 397 g/mol. The molecule has 1 heterocycles. The monoisotopic (exact) mass is 396 g/mol. The van der Waals surface area contributed by atoms with E-state index in [9.17, 15) is 9.59 Å². The fraction of sp³-hybridized carbons (Fsp3) is 0.143. The van der Waals surface area contributed by atoms with E-state index in [0.29, 0.717) is 21.2 Å². The molecule has 4 nitrogen and oxygen atoms in total. The van der Waals surface area contributed by atoms with Crippen molar-refractivity contribution in [3.63, 3.8) is 0 Å². The summed E-state index contributed by atoms with van der Waals surface area (Å²) in [6.45, 7) is 0. The third-order valence-electron chi connectivity index (χ3n) is 4.58. The van der Waals surface area contributed by atoms with Crippen LogP contribution in [0.5, 0.6) is 0 Å².